The number of piperidine rings is 1. The first-order valence-electron chi connectivity index (χ1n) is 11.6. The molecule has 180 valence electrons. The van der Waals surface area contributed by atoms with E-state index in [9.17, 15) is 19.5 Å². The summed E-state index contributed by atoms with van der Waals surface area (Å²) in [6.45, 7) is 0.841. The first-order valence-corrected chi connectivity index (χ1v) is 11.6. The molecule has 0 atom stereocenters. The highest BCUT2D eigenvalue weighted by molar-refractivity contribution is 6.01. The van der Waals surface area contributed by atoms with Gasteiger partial charge in [-0.15, -0.1) is 0 Å². The van der Waals surface area contributed by atoms with Crippen molar-refractivity contribution in [2.75, 3.05) is 25.0 Å². The summed E-state index contributed by atoms with van der Waals surface area (Å²) in [5.41, 5.74) is 4.76. The Hall–Kier alpha value is -4.14. The van der Waals surface area contributed by atoms with Crippen LogP contribution in [0.15, 0.2) is 54.7 Å². The van der Waals surface area contributed by atoms with E-state index < -0.39 is 18.0 Å². The average molecular weight is 475 g/mol. The van der Waals surface area contributed by atoms with Crippen LogP contribution < -0.4 is 5.32 Å². The van der Waals surface area contributed by atoms with Gasteiger partial charge in [0.1, 0.15) is 18.0 Å². The van der Waals surface area contributed by atoms with Crippen LogP contribution in [-0.4, -0.2) is 57.5 Å². The molecule has 35 heavy (non-hydrogen) atoms. The smallest absolute Gasteiger partial charge is 0.412 e. The molecule has 1 aliphatic carbocycles. The zero-order valence-electron chi connectivity index (χ0n) is 19.3. The first kappa shape index (κ1) is 22.6. The van der Waals surface area contributed by atoms with Crippen molar-refractivity contribution in [3.05, 3.63) is 71.4 Å². The van der Waals surface area contributed by atoms with Crippen LogP contribution in [0.5, 0.6) is 0 Å². The largest absolute Gasteiger partial charge is 0.481 e. The minimum Gasteiger partial charge on any atom is -0.481 e. The number of aromatic nitrogens is 2. The Morgan fingerprint density at radius 1 is 1.03 bits per heavy atom. The van der Waals surface area contributed by atoms with Gasteiger partial charge < -0.3 is 14.7 Å². The molecule has 1 saturated heterocycles. The van der Waals surface area contributed by atoms with Crippen LogP contribution in [0, 0.1) is 5.92 Å². The quantitative estimate of drug-likeness (QED) is 0.583. The van der Waals surface area contributed by atoms with Crippen LogP contribution >= 0.6 is 0 Å². The molecular formula is C26H26N4O5. The second-order valence-electron chi connectivity index (χ2n) is 8.89. The Bertz CT molecular complexity index is 1250. The number of amides is 2. The lowest BCUT2D eigenvalue weighted by molar-refractivity contribution is -0.143. The summed E-state index contributed by atoms with van der Waals surface area (Å²) in [7, 11) is 1.63. The molecule has 1 fully saturated rings. The number of hydrogen-bond donors (Lipinski definition) is 2. The average Bonchev–Trinajstić information content (AvgIpc) is 3.40. The number of carbonyl (C=O) groups is 3. The number of hydrogen-bond acceptors (Lipinski definition) is 5. The summed E-state index contributed by atoms with van der Waals surface area (Å²) in [6.07, 6.45) is 1.53. The van der Waals surface area contributed by atoms with Crippen molar-refractivity contribution < 1.29 is 24.2 Å². The maximum absolute atomic E-state index is 13.1. The third-order valence-corrected chi connectivity index (χ3v) is 6.86. The Morgan fingerprint density at radius 3 is 2.23 bits per heavy atom. The maximum Gasteiger partial charge on any atom is 0.412 e. The fourth-order valence-electron chi connectivity index (χ4n) is 4.97. The Kier molecular flexibility index (Phi) is 5.98. The highest BCUT2D eigenvalue weighted by atomic mass is 16.5. The van der Waals surface area contributed by atoms with Gasteiger partial charge in [0.2, 0.25) is 0 Å². The number of ether oxygens (including phenoxy) is 1. The second-order valence-corrected chi connectivity index (χ2v) is 8.89. The van der Waals surface area contributed by atoms with Gasteiger partial charge >= 0.3 is 12.1 Å². The van der Waals surface area contributed by atoms with Gasteiger partial charge in [0.25, 0.3) is 5.91 Å². The number of likely N-dealkylation sites (tertiary alicyclic amines) is 1. The zero-order chi connectivity index (χ0) is 24.5. The molecule has 9 heteroatoms. The molecule has 1 aromatic heterocycles. The third-order valence-electron chi connectivity index (χ3n) is 6.86. The number of aliphatic carboxylic acids is 1. The highest BCUT2D eigenvalue weighted by Crippen LogP contribution is 2.44. The summed E-state index contributed by atoms with van der Waals surface area (Å²) >= 11 is 0. The number of aryl methyl sites for hydroxylation is 1. The summed E-state index contributed by atoms with van der Waals surface area (Å²) in [5.74, 6) is -1.40. The van der Waals surface area contributed by atoms with Gasteiger partial charge in [0, 0.05) is 26.1 Å². The number of nitrogens with zero attached hydrogens (tertiary/aromatic N) is 3. The van der Waals surface area contributed by atoms with Crippen LogP contribution in [-0.2, 0) is 16.6 Å². The number of benzene rings is 2. The van der Waals surface area contributed by atoms with Crippen molar-refractivity contribution in [2.45, 2.75) is 18.8 Å². The van der Waals surface area contributed by atoms with Gasteiger partial charge in [-0.3, -0.25) is 19.6 Å². The highest BCUT2D eigenvalue weighted by Gasteiger charge is 2.31. The van der Waals surface area contributed by atoms with Gasteiger partial charge in [-0.1, -0.05) is 48.5 Å². The molecule has 2 heterocycles. The number of carboxylic acids is 1. The van der Waals surface area contributed by atoms with Crippen LogP contribution in [0.25, 0.3) is 11.1 Å². The van der Waals surface area contributed by atoms with Crippen LogP contribution in [0.4, 0.5) is 10.6 Å². The normalized spacial score (nSPS) is 15.4. The molecule has 2 aromatic carbocycles. The first-order chi connectivity index (χ1) is 16.9. The Labute approximate surface area is 202 Å². The molecule has 0 bridgehead atoms. The van der Waals surface area contributed by atoms with E-state index in [0.29, 0.717) is 25.9 Å². The van der Waals surface area contributed by atoms with Gasteiger partial charge in [-0.05, 0) is 35.1 Å². The monoisotopic (exact) mass is 474 g/mol. The van der Waals surface area contributed by atoms with E-state index in [2.05, 4.69) is 22.5 Å². The van der Waals surface area contributed by atoms with Crippen molar-refractivity contribution in [2.24, 2.45) is 13.0 Å². The molecule has 0 saturated carbocycles. The molecule has 5 rings (SSSR count). The van der Waals surface area contributed by atoms with Gasteiger partial charge in [-0.25, -0.2) is 4.79 Å². The van der Waals surface area contributed by atoms with Crippen molar-refractivity contribution >= 4 is 23.8 Å². The topological polar surface area (TPSA) is 114 Å². The van der Waals surface area contributed by atoms with E-state index >= 15 is 0 Å². The molecule has 0 unspecified atom stereocenters. The minimum absolute atomic E-state index is 0.0729. The number of fused-ring (bicyclic) bond motifs is 3. The molecule has 3 aromatic rings. The van der Waals surface area contributed by atoms with E-state index in [4.69, 9.17) is 4.74 Å². The standard InChI is InChI=1S/C26H26N4O5/c1-29-23(21(14-27-29)24(31)30-12-10-16(11-13-30)25(32)33)28-26(34)35-15-22-19-8-4-2-6-17(19)18-7-3-5-9-20(18)22/h2-9,14,16,22H,10-13,15H2,1H3,(H,28,34)(H,32,33). The van der Waals surface area contributed by atoms with E-state index in [0.717, 1.165) is 22.3 Å². The molecule has 0 spiro atoms. The molecule has 1 aliphatic heterocycles. The summed E-state index contributed by atoms with van der Waals surface area (Å²) in [6, 6.07) is 16.2. The lowest BCUT2D eigenvalue weighted by atomic mass is 9.97. The summed E-state index contributed by atoms with van der Waals surface area (Å²) in [4.78, 5) is 38.6. The van der Waals surface area contributed by atoms with Crippen molar-refractivity contribution in [1.29, 1.82) is 0 Å². The van der Waals surface area contributed by atoms with E-state index in [1.54, 1.807) is 11.9 Å². The maximum atomic E-state index is 13.1. The van der Waals surface area contributed by atoms with E-state index in [1.165, 1.54) is 10.9 Å². The van der Waals surface area contributed by atoms with Crippen LogP contribution in [0.1, 0.15) is 40.2 Å². The Morgan fingerprint density at radius 2 is 1.63 bits per heavy atom. The fourth-order valence-corrected chi connectivity index (χ4v) is 4.97. The second kappa shape index (κ2) is 9.25. The van der Waals surface area contributed by atoms with Crippen molar-refractivity contribution in [3.63, 3.8) is 0 Å². The number of carboxylic acid groups (broad SMARTS) is 1. The SMILES string of the molecule is Cn1ncc(C(=O)N2CCC(C(=O)O)CC2)c1NC(=O)OCC1c2ccccc2-c2ccccc21. The molecule has 0 radical (unpaired) electrons. The summed E-state index contributed by atoms with van der Waals surface area (Å²) in [5, 5.41) is 16.0. The van der Waals surface area contributed by atoms with Crippen molar-refractivity contribution in [3.8, 4) is 11.1 Å². The molecular weight excluding hydrogens is 448 g/mol. The van der Waals surface area contributed by atoms with Crippen LogP contribution in [0.3, 0.4) is 0 Å². The lowest BCUT2D eigenvalue weighted by Gasteiger charge is -2.30. The molecule has 2 amide bonds. The number of anilines is 1. The lowest BCUT2D eigenvalue weighted by Crippen LogP contribution is -2.40. The number of carbonyl (C=O) groups excluding carboxylic acids is 2. The van der Waals surface area contributed by atoms with Crippen LogP contribution in [0.2, 0.25) is 0 Å². The molecule has 2 aliphatic rings. The van der Waals surface area contributed by atoms with E-state index in [1.807, 2.05) is 36.4 Å². The number of rotatable bonds is 5. The minimum atomic E-state index is -0.837. The predicted molar refractivity (Wildman–Crippen MR) is 128 cm³/mol. The Balaban J connectivity index is 1.26. The van der Waals surface area contributed by atoms with Gasteiger partial charge in [0.15, 0.2) is 0 Å². The van der Waals surface area contributed by atoms with Crippen molar-refractivity contribution in [1.82, 2.24) is 14.7 Å². The van der Waals surface area contributed by atoms with Gasteiger partial charge in [-0.2, -0.15) is 5.10 Å². The van der Waals surface area contributed by atoms with Gasteiger partial charge in [0.05, 0.1) is 12.1 Å². The molecule has 9 nitrogen and oxygen atoms in total. The fraction of sp³-hybridized carbons (Fsp3) is 0.308. The zero-order valence-corrected chi connectivity index (χ0v) is 19.3. The number of nitrogens with one attached hydrogen (secondary N) is 1. The molecule has 2 N–H and O–H groups in total. The van der Waals surface area contributed by atoms with E-state index in [-0.39, 0.29) is 29.8 Å². The summed E-state index contributed by atoms with van der Waals surface area (Å²) < 4.78 is 7.02. The third kappa shape index (κ3) is 4.25. The predicted octanol–water partition coefficient (Wildman–Crippen LogP) is 3.72.